The van der Waals surface area contributed by atoms with Crippen LogP contribution in [0.2, 0.25) is 0 Å². The number of carbonyl (C=O) groups excluding carboxylic acids is 1. The highest BCUT2D eigenvalue weighted by Gasteiger charge is 2.44. The van der Waals surface area contributed by atoms with Crippen LogP contribution < -0.4 is 5.32 Å². The minimum Gasteiger partial charge on any atom is -0.449 e. The van der Waals surface area contributed by atoms with Gasteiger partial charge in [-0.3, -0.25) is 0 Å². The van der Waals surface area contributed by atoms with Gasteiger partial charge >= 0.3 is 6.09 Å². The first-order chi connectivity index (χ1) is 9.81. The molecule has 21 heavy (non-hydrogen) atoms. The highest BCUT2D eigenvalue weighted by molar-refractivity contribution is 8.32. The van der Waals surface area contributed by atoms with E-state index in [9.17, 15) is 9.90 Å². The number of likely N-dealkylation sites (tertiary alicyclic amines) is 1. The highest BCUT2D eigenvalue weighted by Crippen LogP contribution is 2.34. The summed E-state index contributed by atoms with van der Waals surface area (Å²) in [6.07, 6.45) is 8.65. The number of hydrogen-bond donors (Lipinski definition) is 2. The molecule has 2 rings (SSSR count). The van der Waals surface area contributed by atoms with Crippen molar-refractivity contribution in [1.82, 2.24) is 10.2 Å². The Morgan fingerprint density at radius 3 is 2.76 bits per heavy atom. The molecule has 2 N–H and O–H groups in total. The van der Waals surface area contributed by atoms with Crippen LogP contribution >= 0.6 is 10.0 Å². The molecule has 5 nitrogen and oxygen atoms in total. The zero-order valence-corrected chi connectivity index (χ0v) is 14.5. The van der Waals surface area contributed by atoms with E-state index in [2.05, 4.69) is 24.1 Å². The number of aliphatic hydroxyl groups is 1. The van der Waals surface area contributed by atoms with Crippen molar-refractivity contribution < 1.29 is 14.6 Å². The Hall–Kier alpha value is -0.460. The van der Waals surface area contributed by atoms with E-state index in [4.69, 9.17) is 4.74 Å². The predicted octanol–water partition coefficient (Wildman–Crippen LogP) is 1.25. The van der Waals surface area contributed by atoms with E-state index in [-0.39, 0.29) is 24.7 Å². The van der Waals surface area contributed by atoms with Crippen molar-refractivity contribution >= 4 is 16.1 Å². The number of nitrogens with zero attached hydrogens (tertiary/aromatic N) is 1. The molecule has 2 saturated heterocycles. The zero-order valence-electron chi connectivity index (χ0n) is 13.7. The average Bonchev–Trinajstić information content (AvgIpc) is 2.78. The van der Waals surface area contributed by atoms with Crippen LogP contribution in [0.1, 0.15) is 19.8 Å². The molecular weight excluding hydrogens is 288 g/mol. The maximum atomic E-state index is 12.4. The van der Waals surface area contributed by atoms with Gasteiger partial charge in [-0.2, -0.15) is 0 Å². The monoisotopic (exact) mass is 318 g/mol. The lowest BCUT2D eigenvalue weighted by molar-refractivity contribution is 0.0377. The summed E-state index contributed by atoms with van der Waals surface area (Å²) in [6, 6.07) is 0.729. The Morgan fingerprint density at radius 1 is 1.43 bits per heavy atom. The van der Waals surface area contributed by atoms with Gasteiger partial charge < -0.3 is 20.1 Å². The lowest BCUT2D eigenvalue weighted by Crippen LogP contribution is -2.62. The lowest BCUT2D eigenvalue weighted by Gasteiger charge is -2.43. The molecule has 2 bridgehead atoms. The van der Waals surface area contributed by atoms with E-state index in [0.717, 1.165) is 18.6 Å². The van der Waals surface area contributed by atoms with Crippen LogP contribution in [0, 0.1) is 5.92 Å². The van der Waals surface area contributed by atoms with Gasteiger partial charge in [-0.05, 0) is 31.6 Å². The number of aliphatic hydroxyl groups excluding tert-OH is 1. The second kappa shape index (κ2) is 6.75. The Labute approximate surface area is 129 Å². The molecule has 6 heteroatoms. The number of carbonyl (C=O) groups is 1. The van der Waals surface area contributed by atoms with Crippen molar-refractivity contribution in [2.75, 3.05) is 44.3 Å². The second-order valence-electron chi connectivity index (χ2n) is 7.26. The van der Waals surface area contributed by atoms with Crippen molar-refractivity contribution in [3.8, 4) is 0 Å². The van der Waals surface area contributed by atoms with E-state index in [1.54, 1.807) is 0 Å². The van der Waals surface area contributed by atoms with E-state index in [1.165, 1.54) is 0 Å². The molecule has 4 atom stereocenters. The third kappa shape index (κ3) is 4.27. The Bertz CT molecular complexity index is 372. The molecule has 0 aromatic rings. The van der Waals surface area contributed by atoms with Crippen LogP contribution in [0.5, 0.6) is 0 Å². The zero-order chi connectivity index (χ0) is 15.6. The molecular formula is C15H30N2O3S. The number of fused-ring (bicyclic) bond motifs is 2. The van der Waals surface area contributed by atoms with Crippen molar-refractivity contribution in [2.24, 2.45) is 5.92 Å². The summed E-state index contributed by atoms with van der Waals surface area (Å²) >= 11 is 0. The SMILES string of the molecule is C[C@@H](CO)[C@H]1[C@@H]2CC[C@H](CN1C(=O)OCCS(C)(C)C)N2. The van der Waals surface area contributed by atoms with Crippen LogP contribution in [0.4, 0.5) is 4.79 Å². The molecule has 0 radical (unpaired) electrons. The van der Waals surface area contributed by atoms with E-state index < -0.39 is 10.0 Å². The van der Waals surface area contributed by atoms with Gasteiger partial charge in [-0.25, -0.2) is 14.8 Å². The molecule has 0 spiro atoms. The molecule has 0 aromatic carbocycles. The fourth-order valence-electron chi connectivity index (χ4n) is 3.31. The summed E-state index contributed by atoms with van der Waals surface area (Å²) in [5.74, 6) is 1.01. The fraction of sp³-hybridized carbons (Fsp3) is 0.933. The normalized spacial score (nSPS) is 31.1. The number of nitrogens with one attached hydrogen (secondary N) is 1. The third-order valence-electron chi connectivity index (χ3n) is 4.49. The molecule has 2 aliphatic heterocycles. The summed E-state index contributed by atoms with van der Waals surface area (Å²) in [5, 5.41) is 13.1. The Balaban J connectivity index is 1.96. The van der Waals surface area contributed by atoms with Crippen LogP contribution in [0.25, 0.3) is 0 Å². The number of rotatable bonds is 5. The lowest BCUT2D eigenvalue weighted by atomic mass is 9.93. The van der Waals surface area contributed by atoms with Crippen molar-refractivity contribution in [2.45, 2.75) is 37.9 Å². The summed E-state index contributed by atoms with van der Waals surface area (Å²) in [6.45, 7) is 3.30. The van der Waals surface area contributed by atoms with Crippen molar-refractivity contribution in [3.05, 3.63) is 0 Å². The second-order valence-corrected chi connectivity index (χ2v) is 11.8. The molecule has 0 aliphatic carbocycles. The summed E-state index contributed by atoms with van der Waals surface area (Å²) in [4.78, 5) is 14.3. The fourth-order valence-corrected chi connectivity index (χ4v) is 3.89. The van der Waals surface area contributed by atoms with Crippen molar-refractivity contribution in [3.63, 3.8) is 0 Å². The number of hydrogen-bond acceptors (Lipinski definition) is 4. The first-order valence-corrected chi connectivity index (χ1v) is 10.8. The molecule has 1 amide bonds. The molecule has 0 aromatic heterocycles. The van der Waals surface area contributed by atoms with Crippen LogP contribution in [-0.4, -0.2) is 78.5 Å². The Morgan fingerprint density at radius 2 is 2.14 bits per heavy atom. The van der Waals surface area contributed by atoms with E-state index in [0.29, 0.717) is 25.2 Å². The predicted molar refractivity (Wildman–Crippen MR) is 88.3 cm³/mol. The first-order valence-electron chi connectivity index (χ1n) is 7.78. The summed E-state index contributed by atoms with van der Waals surface area (Å²) < 4.78 is 5.51. The maximum Gasteiger partial charge on any atom is 0.410 e. The van der Waals surface area contributed by atoms with Gasteiger partial charge in [-0.1, -0.05) is 6.92 Å². The maximum absolute atomic E-state index is 12.4. The summed E-state index contributed by atoms with van der Waals surface area (Å²) in [7, 11) is -0.642. The van der Waals surface area contributed by atoms with Crippen LogP contribution in [-0.2, 0) is 4.74 Å². The number of ether oxygens (including phenoxy) is 1. The quantitative estimate of drug-likeness (QED) is 0.801. The topological polar surface area (TPSA) is 61.8 Å². The minimum absolute atomic E-state index is 0.0447. The van der Waals surface area contributed by atoms with E-state index in [1.807, 2.05) is 11.8 Å². The largest absolute Gasteiger partial charge is 0.449 e. The molecule has 0 saturated carbocycles. The van der Waals surface area contributed by atoms with Gasteiger partial charge in [0, 0.05) is 36.9 Å². The van der Waals surface area contributed by atoms with Gasteiger partial charge in [0.2, 0.25) is 0 Å². The molecule has 2 heterocycles. The average molecular weight is 318 g/mol. The highest BCUT2D eigenvalue weighted by atomic mass is 32.3. The van der Waals surface area contributed by atoms with Gasteiger partial charge in [0.1, 0.15) is 6.61 Å². The smallest absolute Gasteiger partial charge is 0.410 e. The first kappa shape index (κ1) is 16.9. The molecule has 0 unspecified atom stereocenters. The third-order valence-corrected chi connectivity index (χ3v) is 5.88. The van der Waals surface area contributed by atoms with Gasteiger partial charge in [0.25, 0.3) is 0 Å². The van der Waals surface area contributed by atoms with Gasteiger partial charge in [0.15, 0.2) is 0 Å². The van der Waals surface area contributed by atoms with Gasteiger partial charge in [-0.15, -0.1) is 0 Å². The molecule has 124 valence electrons. The Kier molecular flexibility index (Phi) is 5.43. The summed E-state index contributed by atoms with van der Waals surface area (Å²) in [5.41, 5.74) is 0. The van der Waals surface area contributed by atoms with Crippen LogP contribution in [0.15, 0.2) is 0 Å². The van der Waals surface area contributed by atoms with Crippen LogP contribution in [0.3, 0.4) is 0 Å². The standard InChI is InChI=1S/C15H30N2O3S/c1-11(10-18)14-13-6-5-12(16-13)9-17(14)15(19)20-7-8-21(2,3)4/h11-14,16,18H,5-10H2,1-4H3/t11-,12+,13-,14-/m0/s1. The molecule has 2 aliphatic rings. The van der Waals surface area contributed by atoms with E-state index >= 15 is 0 Å². The molecule has 2 fully saturated rings. The van der Waals surface area contributed by atoms with Crippen molar-refractivity contribution in [1.29, 1.82) is 0 Å². The number of piperazine rings is 1. The number of amides is 1. The minimum atomic E-state index is -0.642. The van der Waals surface area contributed by atoms with Gasteiger partial charge in [0.05, 0.1) is 6.04 Å².